The van der Waals surface area contributed by atoms with Gasteiger partial charge in [0.15, 0.2) is 11.5 Å². The number of hydrogen-bond donors (Lipinski definition) is 1. The molecule has 130 valence electrons. The van der Waals surface area contributed by atoms with E-state index >= 15 is 0 Å². The van der Waals surface area contributed by atoms with Crippen molar-refractivity contribution in [2.75, 3.05) is 13.2 Å². The largest absolute Gasteiger partial charge is 0.504 e. The number of unbranched alkanes of at least 4 members (excludes halogenated alkanes) is 4. The monoisotopic (exact) mass is 392 g/mol. The Bertz CT molecular complexity index is 587. The van der Waals surface area contributed by atoms with E-state index in [2.05, 4.69) is 28.1 Å². The van der Waals surface area contributed by atoms with Gasteiger partial charge >= 0.3 is 0 Å². The summed E-state index contributed by atoms with van der Waals surface area (Å²) in [4.78, 5) is 0. The van der Waals surface area contributed by atoms with Gasteiger partial charge in [0, 0.05) is 11.1 Å². The molecule has 4 heteroatoms. The first-order valence-electron chi connectivity index (χ1n) is 8.49. The SMILES string of the molecule is Oc1ccc(Br)cc1OCCCCCCCOCc1ccccc1. The maximum atomic E-state index is 9.68. The number of halogens is 1. The summed E-state index contributed by atoms with van der Waals surface area (Å²) in [6.07, 6.45) is 5.59. The Morgan fingerprint density at radius 2 is 1.54 bits per heavy atom. The smallest absolute Gasteiger partial charge is 0.162 e. The van der Waals surface area contributed by atoms with E-state index in [0.717, 1.165) is 30.3 Å². The second-order valence-corrected chi connectivity index (χ2v) is 6.68. The van der Waals surface area contributed by atoms with Gasteiger partial charge in [0.1, 0.15) is 0 Å². The maximum absolute atomic E-state index is 9.68. The van der Waals surface area contributed by atoms with Crippen molar-refractivity contribution < 1.29 is 14.6 Å². The molecule has 2 rings (SSSR count). The van der Waals surface area contributed by atoms with Crippen LogP contribution in [-0.2, 0) is 11.3 Å². The molecule has 2 aromatic carbocycles. The van der Waals surface area contributed by atoms with Gasteiger partial charge in [-0.1, -0.05) is 65.5 Å². The summed E-state index contributed by atoms with van der Waals surface area (Å²) in [7, 11) is 0. The molecule has 0 amide bonds. The Morgan fingerprint density at radius 3 is 2.33 bits per heavy atom. The zero-order chi connectivity index (χ0) is 17.0. The minimum absolute atomic E-state index is 0.189. The number of hydrogen-bond acceptors (Lipinski definition) is 3. The van der Waals surface area contributed by atoms with Gasteiger partial charge < -0.3 is 14.6 Å². The van der Waals surface area contributed by atoms with Crippen molar-refractivity contribution in [3.63, 3.8) is 0 Å². The van der Waals surface area contributed by atoms with E-state index in [1.165, 1.54) is 18.4 Å². The Kier molecular flexibility index (Phi) is 8.71. The van der Waals surface area contributed by atoms with Crippen LogP contribution in [0, 0.1) is 0 Å². The fourth-order valence-corrected chi connectivity index (χ4v) is 2.73. The predicted molar refractivity (Wildman–Crippen MR) is 100 cm³/mol. The van der Waals surface area contributed by atoms with Gasteiger partial charge in [0.05, 0.1) is 13.2 Å². The molecule has 0 atom stereocenters. The fourth-order valence-electron chi connectivity index (χ4n) is 2.39. The molecule has 0 saturated heterocycles. The standard InChI is InChI=1S/C20H25BrO3/c21-18-11-12-19(22)20(15-18)24-14-8-3-1-2-7-13-23-16-17-9-5-4-6-10-17/h4-6,9-12,15,22H,1-3,7-8,13-14,16H2. The van der Waals surface area contributed by atoms with E-state index in [-0.39, 0.29) is 5.75 Å². The van der Waals surface area contributed by atoms with E-state index in [1.54, 1.807) is 18.2 Å². The topological polar surface area (TPSA) is 38.7 Å². The number of rotatable bonds is 11. The first-order valence-corrected chi connectivity index (χ1v) is 9.28. The molecule has 0 saturated carbocycles. The molecule has 0 radical (unpaired) electrons. The molecular formula is C20H25BrO3. The third-order valence-corrected chi connectivity index (χ3v) is 4.22. The van der Waals surface area contributed by atoms with Crippen LogP contribution in [0.3, 0.4) is 0 Å². The van der Waals surface area contributed by atoms with Crippen molar-refractivity contribution in [3.8, 4) is 11.5 Å². The molecule has 0 fully saturated rings. The van der Waals surface area contributed by atoms with Crippen LogP contribution in [0.15, 0.2) is 53.0 Å². The summed E-state index contributed by atoms with van der Waals surface area (Å²) in [5.41, 5.74) is 1.23. The van der Waals surface area contributed by atoms with Crippen LogP contribution in [0.25, 0.3) is 0 Å². The first-order chi connectivity index (χ1) is 11.8. The highest BCUT2D eigenvalue weighted by Crippen LogP contribution is 2.29. The van der Waals surface area contributed by atoms with Crippen LogP contribution in [-0.4, -0.2) is 18.3 Å². The molecule has 0 aliphatic rings. The van der Waals surface area contributed by atoms with Gasteiger partial charge in [0.25, 0.3) is 0 Å². The molecule has 3 nitrogen and oxygen atoms in total. The van der Waals surface area contributed by atoms with Crippen molar-refractivity contribution in [3.05, 3.63) is 58.6 Å². The zero-order valence-corrected chi connectivity index (χ0v) is 15.5. The Morgan fingerprint density at radius 1 is 0.833 bits per heavy atom. The third kappa shape index (κ3) is 7.37. The second-order valence-electron chi connectivity index (χ2n) is 5.77. The van der Waals surface area contributed by atoms with Gasteiger partial charge in [-0.2, -0.15) is 0 Å². The van der Waals surface area contributed by atoms with Crippen molar-refractivity contribution in [1.29, 1.82) is 0 Å². The number of aromatic hydroxyl groups is 1. The van der Waals surface area contributed by atoms with Crippen LogP contribution in [0.5, 0.6) is 11.5 Å². The Hall–Kier alpha value is -1.52. The fraction of sp³-hybridized carbons (Fsp3) is 0.400. The highest BCUT2D eigenvalue weighted by Gasteiger charge is 2.02. The molecule has 0 spiro atoms. The number of phenolic OH excluding ortho intramolecular Hbond substituents is 1. The normalized spacial score (nSPS) is 10.7. The predicted octanol–water partition coefficient (Wildman–Crippen LogP) is 5.70. The molecular weight excluding hydrogens is 368 g/mol. The summed E-state index contributed by atoms with van der Waals surface area (Å²) in [6.45, 7) is 2.15. The molecule has 0 bridgehead atoms. The second kappa shape index (κ2) is 11.1. The maximum Gasteiger partial charge on any atom is 0.162 e. The molecule has 2 aromatic rings. The summed E-state index contributed by atoms with van der Waals surface area (Å²) in [6, 6.07) is 15.5. The van der Waals surface area contributed by atoms with Crippen molar-refractivity contribution in [2.45, 2.75) is 38.7 Å². The number of ether oxygens (including phenoxy) is 2. The average molecular weight is 393 g/mol. The van der Waals surface area contributed by atoms with Crippen LogP contribution in [0.1, 0.15) is 37.7 Å². The van der Waals surface area contributed by atoms with Crippen molar-refractivity contribution in [2.24, 2.45) is 0 Å². The van der Waals surface area contributed by atoms with Gasteiger partial charge in [-0.3, -0.25) is 0 Å². The van der Waals surface area contributed by atoms with Gasteiger partial charge in [-0.15, -0.1) is 0 Å². The zero-order valence-electron chi connectivity index (χ0n) is 13.9. The number of phenols is 1. The van der Waals surface area contributed by atoms with Crippen LogP contribution in [0.4, 0.5) is 0 Å². The summed E-state index contributed by atoms with van der Waals surface area (Å²) in [5, 5.41) is 9.68. The quantitative estimate of drug-likeness (QED) is 0.498. The van der Waals surface area contributed by atoms with Crippen molar-refractivity contribution in [1.82, 2.24) is 0 Å². The van der Waals surface area contributed by atoms with E-state index < -0.39 is 0 Å². The summed E-state index contributed by atoms with van der Waals surface area (Å²) >= 11 is 3.37. The Balaban J connectivity index is 1.43. The van der Waals surface area contributed by atoms with Crippen LogP contribution in [0.2, 0.25) is 0 Å². The van der Waals surface area contributed by atoms with Gasteiger partial charge in [-0.05, 0) is 36.6 Å². The lowest BCUT2D eigenvalue weighted by Crippen LogP contribution is -1.98. The lowest BCUT2D eigenvalue weighted by Gasteiger charge is -2.08. The third-order valence-electron chi connectivity index (χ3n) is 3.72. The van der Waals surface area contributed by atoms with Gasteiger partial charge in [-0.25, -0.2) is 0 Å². The van der Waals surface area contributed by atoms with Crippen molar-refractivity contribution >= 4 is 15.9 Å². The van der Waals surface area contributed by atoms with E-state index in [1.807, 2.05) is 18.2 Å². The summed E-state index contributed by atoms with van der Waals surface area (Å²) in [5.74, 6) is 0.729. The molecule has 0 aliphatic heterocycles. The first kappa shape index (κ1) is 18.8. The average Bonchev–Trinajstić information content (AvgIpc) is 2.60. The van der Waals surface area contributed by atoms with Crippen LogP contribution < -0.4 is 4.74 Å². The van der Waals surface area contributed by atoms with E-state index in [0.29, 0.717) is 19.0 Å². The molecule has 1 N–H and O–H groups in total. The van der Waals surface area contributed by atoms with E-state index in [9.17, 15) is 5.11 Å². The van der Waals surface area contributed by atoms with Crippen LogP contribution >= 0.6 is 15.9 Å². The molecule has 0 aliphatic carbocycles. The van der Waals surface area contributed by atoms with Gasteiger partial charge in [0.2, 0.25) is 0 Å². The lowest BCUT2D eigenvalue weighted by atomic mass is 10.1. The Labute approximate surface area is 152 Å². The minimum atomic E-state index is 0.189. The number of benzene rings is 2. The summed E-state index contributed by atoms with van der Waals surface area (Å²) < 4.78 is 12.2. The molecule has 0 heterocycles. The minimum Gasteiger partial charge on any atom is -0.504 e. The highest BCUT2D eigenvalue weighted by atomic mass is 79.9. The highest BCUT2D eigenvalue weighted by molar-refractivity contribution is 9.10. The molecule has 24 heavy (non-hydrogen) atoms. The lowest BCUT2D eigenvalue weighted by molar-refractivity contribution is 0.116. The molecule has 0 unspecified atom stereocenters. The van der Waals surface area contributed by atoms with E-state index in [4.69, 9.17) is 9.47 Å². The molecule has 0 aromatic heterocycles.